The number of carbonyl (C=O) groups is 1. The Hall–Kier alpha value is -4.07. The number of aromatic nitrogens is 3. The molecule has 0 amide bonds. The monoisotopic (exact) mass is 405 g/mol. The molecule has 0 spiro atoms. The lowest BCUT2D eigenvalue weighted by Crippen LogP contribution is -2.01. The van der Waals surface area contributed by atoms with Crippen LogP contribution in [-0.2, 0) is 0 Å². The average Bonchev–Trinajstić information content (AvgIpc) is 3.18. The van der Waals surface area contributed by atoms with Crippen LogP contribution in [0, 0.1) is 0 Å². The number of methoxy groups -OCH3 is 1. The van der Waals surface area contributed by atoms with Gasteiger partial charge in [-0.05, 0) is 49.4 Å². The molecule has 0 unspecified atom stereocenters. The molecule has 0 aliphatic rings. The van der Waals surface area contributed by atoms with Crippen molar-refractivity contribution in [3.05, 3.63) is 54.1 Å². The summed E-state index contributed by atoms with van der Waals surface area (Å²) in [5.41, 5.74) is 2.19. The number of ether oxygens (including phenoxy) is 2. The van der Waals surface area contributed by atoms with Crippen molar-refractivity contribution in [3.8, 4) is 39.8 Å². The molecule has 30 heavy (non-hydrogen) atoms. The number of fused-ring (bicyclic) bond motifs is 1. The maximum absolute atomic E-state index is 12.1. The van der Waals surface area contributed by atoms with Gasteiger partial charge in [-0.25, -0.2) is 9.78 Å². The van der Waals surface area contributed by atoms with Gasteiger partial charge < -0.3 is 19.7 Å². The van der Waals surface area contributed by atoms with Crippen molar-refractivity contribution in [2.75, 3.05) is 13.7 Å². The van der Waals surface area contributed by atoms with E-state index in [1.165, 1.54) is 6.07 Å². The summed E-state index contributed by atoms with van der Waals surface area (Å²) in [4.78, 5) is 16.5. The zero-order valence-corrected chi connectivity index (χ0v) is 16.3. The molecule has 152 valence electrons. The minimum atomic E-state index is -1.12. The third-order valence-corrected chi connectivity index (χ3v) is 4.71. The molecule has 0 fully saturated rings. The van der Waals surface area contributed by atoms with E-state index < -0.39 is 5.97 Å². The summed E-state index contributed by atoms with van der Waals surface area (Å²) in [6, 6.07) is 13.6. The Morgan fingerprint density at radius 2 is 1.93 bits per heavy atom. The van der Waals surface area contributed by atoms with Crippen LogP contribution in [0.15, 0.2) is 48.5 Å². The molecule has 4 rings (SSSR count). The number of nitrogens with one attached hydrogen (secondary N) is 1. The van der Waals surface area contributed by atoms with Gasteiger partial charge in [-0.1, -0.05) is 6.07 Å². The first kappa shape index (κ1) is 19.3. The van der Waals surface area contributed by atoms with Gasteiger partial charge in [-0.3, -0.25) is 5.10 Å². The molecule has 2 aromatic carbocycles. The highest BCUT2D eigenvalue weighted by Crippen LogP contribution is 2.38. The van der Waals surface area contributed by atoms with E-state index in [1.807, 2.05) is 19.1 Å². The van der Waals surface area contributed by atoms with Gasteiger partial charge in [0.25, 0.3) is 0 Å². The molecule has 0 atom stereocenters. The number of benzene rings is 2. The van der Waals surface area contributed by atoms with Crippen LogP contribution in [0.25, 0.3) is 33.5 Å². The number of aromatic hydroxyl groups is 1. The quantitative estimate of drug-likeness (QED) is 0.442. The zero-order valence-electron chi connectivity index (χ0n) is 16.3. The van der Waals surface area contributed by atoms with Crippen molar-refractivity contribution in [3.63, 3.8) is 0 Å². The molecule has 2 heterocycles. The van der Waals surface area contributed by atoms with Crippen molar-refractivity contribution in [1.29, 1.82) is 0 Å². The van der Waals surface area contributed by atoms with E-state index in [-0.39, 0.29) is 22.7 Å². The molecule has 3 N–H and O–H groups in total. The van der Waals surface area contributed by atoms with Crippen LogP contribution in [0.4, 0.5) is 0 Å². The smallest absolute Gasteiger partial charge is 0.336 e. The minimum absolute atomic E-state index is 0.0239. The summed E-state index contributed by atoms with van der Waals surface area (Å²) in [7, 11) is 1.57. The highest BCUT2D eigenvalue weighted by atomic mass is 16.5. The molecular formula is C22H19N3O5. The largest absolute Gasteiger partial charge is 0.504 e. The fourth-order valence-electron chi connectivity index (χ4n) is 3.30. The van der Waals surface area contributed by atoms with E-state index in [1.54, 1.807) is 37.4 Å². The first-order valence-corrected chi connectivity index (χ1v) is 9.25. The van der Waals surface area contributed by atoms with Crippen LogP contribution in [-0.4, -0.2) is 45.1 Å². The topological polar surface area (TPSA) is 118 Å². The van der Waals surface area contributed by atoms with E-state index in [0.29, 0.717) is 34.7 Å². The predicted molar refractivity (Wildman–Crippen MR) is 111 cm³/mol. The summed E-state index contributed by atoms with van der Waals surface area (Å²) in [6.45, 7) is 2.19. The van der Waals surface area contributed by atoms with Gasteiger partial charge in [-0.2, -0.15) is 5.10 Å². The van der Waals surface area contributed by atoms with E-state index in [2.05, 4.69) is 15.2 Å². The van der Waals surface area contributed by atoms with E-state index in [0.717, 1.165) is 5.56 Å². The third kappa shape index (κ3) is 3.28. The zero-order chi connectivity index (χ0) is 21.3. The van der Waals surface area contributed by atoms with Gasteiger partial charge >= 0.3 is 5.97 Å². The fraction of sp³-hybridized carbons (Fsp3) is 0.136. The molecule has 8 heteroatoms. The van der Waals surface area contributed by atoms with Crippen molar-refractivity contribution in [2.45, 2.75) is 6.92 Å². The number of hydrogen-bond donors (Lipinski definition) is 3. The van der Waals surface area contributed by atoms with Crippen LogP contribution in [0.5, 0.6) is 17.2 Å². The van der Waals surface area contributed by atoms with Gasteiger partial charge in [0.2, 0.25) is 0 Å². The highest BCUT2D eigenvalue weighted by Gasteiger charge is 2.21. The van der Waals surface area contributed by atoms with Gasteiger partial charge in [0.05, 0.1) is 36.1 Å². The molecule has 0 aliphatic heterocycles. The molecule has 0 bridgehead atoms. The summed E-state index contributed by atoms with van der Waals surface area (Å²) in [5.74, 6) is -0.241. The number of para-hydroxylation sites is 1. The molecule has 0 saturated carbocycles. The average molecular weight is 405 g/mol. The van der Waals surface area contributed by atoms with Crippen molar-refractivity contribution < 1.29 is 24.5 Å². The van der Waals surface area contributed by atoms with Crippen LogP contribution in [0.2, 0.25) is 0 Å². The number of carboxylic acids is 1. The number of carboxylic acid groups (broad SMARTS) is 1. The second-order valence-corrected chi connectivity index (χ2v) is 6.47. The molecule has 2 aromatic heterocycles. The van der Waals surface area contributed by atoms with Crippen LogP contribution < -0.4 is 9.47 Å². The number of pyridine rings is 1. The second kappa shape index (κ2) is 7.75. The van der Waals surface area contributed by atoms with Crippen LogP contribution in [0.3, 0.4) is 0 Å². The molecule has 0 aliphatic carbocycles. The fourth-order valence-corrected chi connectivity index (χ4v) is 3.30. The summed E-state index contributed by atoms with van der Waals surface area (Å²) < 4.78 is 10.6. The standard InChI is InChI=1S/C22H19N3O5/c1-3-30-17-6-4-5-14(20(17)26)16-11-15(22(27)28)18-19(24-25-21(18)23-16)12-7-9-13(29-2)10-8-12/h4-11,26H,3H2,1-2H3,(H,27,28)(H,23,24,25). The lowest BCUT2D eigenvalue weighted by Gasteiger charge is -2.11. The number of phenols is 1. The summed E-state index contributed by atoms with van der Waals surface area (Å²) in [5, 5.41) is 27.9. The Morgan fingerprint density at radius 3 is 2.60 bits per heavy atom. The third-order valence-electron chi connectivity index (χ3n) is 4.71. The summed E-state index contributed by atoms with van der Waals surface area (Å²) >= 11 is 0. The number of aromatic amines is 1. The van der Waals surface area contributed by atoms with Gasteiger partial charge in [-0.15, -0.1) is 0 Å². The molecule has 0 radical (unpaired) electrons. The number of aromatic carboxylic acids is 1. The van der Waals surface area contributed by atoms with E-state index in [9.17, 15) is 15.0 Å². The van der Waals surface area contributed by atoms with Gasteiger partial charge in [0.1, 0.15) is 5.75 Å². The maximum Gasteiger partial charge on any atom is 0.336 e. The Balaban J connectivity index is 1.90. The van der Waals surface area contributed by atoms with Crippen molar-refractivity contribution >= 4 is 17.0 Å². The van der Waals surface area contributed by atoms with Crippen molar-refractivity contribution in [1.82, 2.24) is 15.2 Å². The Labute approximate surface area is 171 Å². The molecular weight excluding hydrogens is 386 g/mol. The Kier molecular flexibility index (Phi) is 4.97. The summed E-state index contributed by atoms with van der Waals surface area (Å²) in [6.07, 6.45) is 0. The maximum atomic E-state index is 12.1. The first-order chi connectivity index (χ1) is 14.5. The number of phenolic OH excluding ortho intramolecular Hbond substituents is 1. The number of H-pyrrole nitrogens is 1. The number of nitrogens with zero attached hydrogens (tertiary/aromatic N) is 2. The first-order valence-electron chi connectivity index (χ1n) is 9.25. The van der Waals surface area contributed by atoms with E-state index in [4.69, 9.17) is 9.47 Å². The lowest BCUT2D eigenvalue weighted by atomic mass is 10.0. The van der Waals surface area contributed by atoms with E-state index >= 15 is 0 Å². The molecule has 0 saturated heterocycles. The highest BCUT2D eigenvalue weighted by molar-refractivity contribution is 6.08. The normalized spacial score (nSPS) is 10.9. The van der Waals surface area contributed by atoms with Crippen molar-refractivity contribution in [2.24, 2.45) is 0 Å². The Morgan fingerprint density at radius 1 is 1.17 bits per heavy atom. The van der Waals surface area contributed by atoms with Crippen LogP contribution >= 0.6 is 0 Å². The Bertz CT molecular complexity index is 1230. The molecule has 8 nitrogen and oxygen atoms in total. The van der Waals surface area contributed by atoms with Crippen LogP contribution in [0.1, 0.15) is 17.3 Å². The number of rotatable bonds is 6. The predicted octanol–water partition coefficient (Wildman–Crippen LogP) is 4.10. The lowest BCUT2D eigenvalue weighted by molar-refractivity contribution is 0.0699. The number of hydrogen-bond acceptors (Lipinski definition) is 6. The molecule has 4 aromatic rings. The minimum Gasteiger partial charge on any atom is -0.504 e. The SMILES string of the molecule is CCOc1cccc(-c2cc(C(=O)O)c3c(-c4ccc(OC)cc4)[nH]nc3n2)c1O. The van der Waals surface area contributed by atoms with Gasteiger partial charge in [0.15, 0.2) is 17.1 Å². The second-order valence-electron chi connectivity index (χ2n) is 6.47. The van der Waals surface area contributed by atoms with Gasteiger partial charge in [0, 0.05) is 11.1 Å².